The van der Waals surface area contributed by atoms with E-state index >= 15 is 0 Å². The summed E-state index contributed by atoms with van der Waals surface area (Å²) in [6.45, 7) is 3.76. The Bertz CT molecular complexity index is 338. The van der Waals surface area contributed by atoms with Crippen molar-refractivity contribution in [1.29, 1.82) is 0 Å². The molecule has 2 amide bonds. The number of carbonyl (C=O) groups is 2. The molecule has 0 aromatic rings. The largest absolute Gasteiger partial charge is 0.481 e. The molecule has 2 rings (SSSR count). The Balaban J connectivity index is 1.80. The fourth-order valence-electron chi connectivity index (χ4n) is 2.17. The lowest BCUT2D eigenvalue weighted by atomic mass is 10.4. The number of carboxylic acid groups (broad SMARTS) is 1. The van der Waals surface area contributed by atoms with E-state index in [1.807, 2.05) is 5.01 Å². The van der Waals surface area contributed by atoms with Crippen LogP contribution in [0, 0.1) is 0 Å². The molecular weight excluding hydrogens is 248 g/mol. The molecule has 0 aromatic heterocycles. The minimum Gasteiger partial charge on any atom is -0.481 e. The standard InChI is InChI=1S/C12H22N4O3/c1-14-6-8-15(9-7-14)13-12(19)16(10-2-3-10)5-4-11(17)18/h10H,2-9H2,1H3,(H,13,19)(H,17,18). The van der Waals surface area contributed by atoms with Crippen LogP contribution in [0.15, 0.2) is 0 Å². The number of nitrogens with zero attached hydrogens (tertiary/aromatic N) is 3. The molecule has 7 heteroatoms. The van der Waals surface area contributed by atoms with E-state index in [0.717, 1.165) is 39.0 Å². The molecule has 0 radical (unpaired) electrons. The lowest BCUT2D eigenvalue weighted by Crippen LogP contribution is -2.56. The average Bonchev–Trinajstić information content (AvgIpc) is 3.16. The van der Waals surface area contributed by atoms with Crippen molar-refractivity contribution in [3.05, 3.63) is 0 Å². The molecule has 2 aliphatic rings. The van der Waals surface area contributed by atoms with Gasteiger partial charge in [0.05, 0.1) is 6.42 Å². The van der Waals surface area contributed by atoms with Crippen molar-refractivity contribution in [3.8, 4) is 0 Å². The van der Waals surface area contributed by atoms with Crippen molar-refractivity contribution in [2.45, 2.75) is 25.3 Å². The van der Waals surface area contributed by atoms with Crippen molar-refractivity contribution < 1.29 is 14.7 Å². The van der Waals surface area contributed by atoms with Crippen LogP contribution >= 0.6 is 0 Å². The summed E-state index contributed by atoms with van der Waals surface area (Å²) in [5.74, 6) is -0.863. The maximum atomic E-state index is 12.2. The second-order valence-corrected chi connectivity index (χ2v) is 5.28. The number of urea groups is 1. The van der Waals surface area contributed by atoms with Crippen molar-refractivity contribution in [3.63, 3.8) is 0 Å². The van der Waals surface area contributed by atoms with E-state index < -0.39 is 5.97 Å². The summed E-state index contributed by atoms with van der Waals surface area (Å²) in [7, 11) is 2.06. The quantitative estimate of drug-likeness (QED) is 0.723. The van der Waals surface area contributed by atoms with E-state index in [9.17, 15) is 9.59 Å². The zero-order valence-electron chi connectivity index (χ0n) is 11.3. The first kappa shape index (κ1) is 14.1. The van der Waals surface area contributed by atoms with Crippen LogP contribution in [0.2, 0.25) is 0 Å². The van der Waals surface area contributed by atoms with Crippen LogP contribution in [0.3, 0.4) is 0 Å². The van der Waals surface area contributed by atoms with Crippen LogP contribution in [-0.2, 0) is 4.79 Å². The first-order valence-corrected chi connectivity index (χ1v) is 6.79. The minimum absolute atomic E-state index is 0.00660. The highest BCUT2D eigenvalue weighted by Crippen LogP contribution is 2.27. The van der Waals surface area contributed by atoms with Gasteiger partial charge in [0.25, 0.3) is 0 Å². The van der Waals surface area contributed by atoms with Gasteiger partial charge in [-0.3, -0.25) is 10.2 Å². The van der Waals surface area contributed by atoms with Crippen LogP contribution in [0.4, 0.5) is 4.79 Å². The molecule has 1 aliphatic carbocycles. The first-order chi connectivity index (χ1) is 9.06. The van der Waals surface area contributed by atoms with Crippen molar-refractivity contribution in [2.24, 2.45) is 0 Å². The number of carboxylic acids is 1. The molecule has 1 saturated heterocycles. The second-order valence-electron chi connectivity index (χ2n) is 5.28. The van der Waals surface area contributed by atoms with E-state index in [0.29, 0.717) is 6.54 Å². The highest BCUT2D eigenvalue weighted by atomic mass is 16.4. The van der Waals surface area contributed by atoms with Gasteiger partial charge in [-0.05, 0) is 19.9 Å². The SMILES string of the molecule is CN1CCN(NC(=O)N(CCC(=O)O)C2CC2)CC1. The number of nitrogens with one attached hydrogen (secondary N) is 1. The highest BCUT2D eigenvalue weighted by molar-refractivity contribution is 5.75. The Hall–Kier alpha value is -1.34. The summed E-state index contributed by atoms with van der Waals surface area (Å²) < 4.78 is 0. The zero-order chi connectivity index (χ0) is 13.8. The monoisotopic (exact) mass is 270 g/mol. The lowest BCUT2D eigenvalue weighted by molar-refractivity contribution is -0.137. The third kappa shape index (κ3) is 4.36. The van der Waals surface area contributed by atoms with E-state index in [4.69, 9.17) is 5.11 Å². The van der Waals surface area contributed by atoms with Crippen molar-refractivity contribution >= 4 is 12.0 Å². The van der Waals surface area contributed by atoms with Crippen LogP contribution in [-0.4, -0.2) is 77.7 Å². The molecule has 0 aromatic carbocycles. The first-order valence-electron chi connectivity index (χ1n) is 6.79. The van der Waals surface area contributed by atoms with E-state index in [1.165, 1.54) is 0 Å². The molecule has 1 saturated carbocycles. The number of rotatable bonds is 5. The molecule has 19 heavy (non-hydrogen) atoms. The number of hydrogen-bond donors (Lipinski definition) is 2. The molecule has 108 valence electrons. The lowest BCUT2D eigenvalue weighted by Gasteiger charge is -2.34. The number of carbonyl (C=O) groups excluding carboxylic acids is 1. The summed E-state index contributed by atoms with van der Waals surface area (Å²) in [5, 5.41) is 10.6. The molecule has 7 nitrogen and oxygen atoms in total. The Morgan fingerprint density at radius 3 is 2.42 bits per heavy atom. The molecule has 0 atom stereocenters. The Labute approximate surface area is 113 Å². The number of hydrogen-bond acceptors (Lipinski definition) is 4. The molecule has 0 spiro atoms. The maximum Gasteiger partial charge on any atom is 0.332 e. The zero-order valence-corrected chi connectivity index (χ0v) is 11.3. The van der Waals surface area contributed by atoms with E-state index in [2.05, 4.69) is 17.4 Å². The van der Waals surface area contributed by atoms with Gasteiger partial charge in [0.2, 0.25) is 0 Å². The van der Waals surface area contributed by atoms with Crippen LogP contribution in [0.25, 0.3) is 0 Å². The predicted molar refractivity (Wildman–Crippen MR) is 69.6 cm³/mol. The summed E-state index contributed by atoms with van der Waals surface area (Å²) in [6.07, 6.45) is 1.97. The van der Waals surface area contributed by atoms with Gasteiger partial charge in [-0.25, -0.2) is 9.80 Å². The fourth-order valence-corrected chi connectivity index (χ4v) is 2.17. The van der Waals surface area contributed by atoms with Crippen LogP contribution in [0.5, 0.6) is 0 Å². The number of hydrazine groups is 1. The smallest absolute Gasteiger partial charge is 0.332 e. The number of piperazine rings is 1. The molecule has 1 heterocycles. The topological polar surface area (TPSA) is 76.1 Å². The Morgan fingerprint density at radius 2 is 1.89 bits per heavy atom. The van der Waals surface area contributed by atoms with Gasteiger partial charge in [-0.15, -0.1) is 0 Å². The molecule has 2 fully saturated rings. The minimum atomic E-state index is -0.863. The van der Waals surface area contributed by atoms with Gasteiger partial charge in [-0.2, -0.15) is 0 Å². The third-order valence-electron chi connectivity index (χ3n) is 3.57. The number of amides is 2. The van der Waals surface area contributed by atoms with Gasteiger partial charge in [0.15, 0.2) is 0 Å². The van der Waals surface area contributed by atoms with Crippen molar-refractivity contribution in [1.82, 2.24) is 20.2 Å². The molecular formula is C12H22N4O3. The van der Waals surface area contributed by atoms with Crippen LogP contribution in [0.1, 0.15) is 19.3 Å². The van der Waals surface area contributed by atoms with Crippen molar-refractivity contribution in [2.75, 3.05) is 39.8 Å². The molecule has 0 unspecified atom stereocenters. The third-order valence-corrected chi connectivity index (χ3v) is 3.57. The van der Waals surface area contributed by atoms with Gasteiger partial charge >= 0.3 is 12.0 Å². The van der Waals surface area contributed by atoms with E-state index in [1.54, 1.807) is 4.90 Å². The predicted octanol–water partition coefficient (Wildman–Crippen LogP) is -0.202. The molecule has 1 aliphatic heterocycles. The van der Waals surface area contributed by atoms with Gasteiger partial charge in [0.1, 0.15) is 0 Å². The highest BCUT2D eigenvalue weighted by Gasteiger charge is 2.33. The summed E-state index contributed by atoms with van der Waals surface area (Å²) >= 11 is 0. The maximum absolute atomic E-state index is 12.2. The normalized spacial score (nSPS) is 21.1. The summed E-state index contributed by atoms with van der Waals surface area (Å²) in [4.78, 5) is 26.6. The Kier molecular flexibility index (Phi) is 4.60. The van der Waals surface area contributed by atoms with Gasteiger partial charge in [-0.1, -0.05) is 0 Å². The second kappa shape index (κ2) is 6.21. The molecule has 2 N–H and O–H groups in total. The van der Waals surface area contributed by atoms with Gasteiger partial charge < -0.3 is 14.9 Å². The fraction of sp³-hybridized carbons (Fsp3) is 0.833. The number of aliphatic carboxylic acids is 1. The summed E-state index contributed by atoms with van der Waals surface area (Å²) in [6, 6.07) is 0.0696. The Morgan fingerprint density at radius 1 is 1.26 bits per heavy atom. The van der Waals surface area contributed by atoms with Crippen LogP contribution < -0.4 is 5.43 Å². The average molecular weight is 270 g/mol. The van der Waals surface area contributed by atoms with E-state index in [-0.39, 0.29) is 18.5 Å². The number of likely N-dealkylation sites (N-methyl/N-ethyl adjacent to an activating group) is 1. The molecule has 0 bridgehead atoms. The summed E-state index contributed by atoms with van der Waals surface area (Å²) in [5.41, 5.74) is 2.89. The van der Waals surface area contributed by atoms with Gasteiger partial charge in [0, 0.05) is 38.8 Å².